The maximum absolute atomic E-state index is 10.9. The van der Waals surface area contributed by atoms with Crippen LogP contribution in [-0.2, 0) is 11.2 Å². The molecule has 1 aromatic carbocycles. The summed E-state index contributed by atoms with van der Waals surface area (Å²) in [5.74, 6) is 0.0902. The standard InChI is InChI=1S/C10H11OSe/c1-8(10(11)12)7-9-5-3-2-4-6-9/h2-6,8H,7H2,1H3. The van der Waals surface area contributed by atoms with Crippen LogP contribution in [0.15, 0.2) is 30.3 Å². The molecular formula is C10H11OSe. The van der Waals surface area contributed by atoms with Crippen molar-refractivity contribution in [1.29, 1.82) is 0 Å². The van der Waals surface area contributed by atoms with E-state index in [-0.39, 0.29) is 10.6 Å². The molecule has 1 radical (unpaired) electrons. The second-order valence-corrected chi connectivity index (χ2v) is 3.75. The van der Waals surface area contributed by atoms with E-state index in [4.69, 9.17) is 0 Å². The van der Waals surface area contributed by atoms with Crippen molar-refractivity contribution >= 4 is 20.7 Å². The normalized spacial score (nSPS) is 12.4. The van der Waals surface area contributed by atoms with E-state index < -0.39 is 0 Å². The van der Waals surface area contributed by atoms with Crippen molar-refractivity contribution in [2.24, 2.45) is 5.92 Å². The molecule has 0 saturated carbocycles. The van der Waals surface area contributed by atoms with Gasteiger partial charge in [0.1, 0.15) is 0 Å². The third-order valence-corrected chi connectivity index (χ3v) is 2.63. The number of hydrogen-bond acceptors (Lipinski definition) is 1. The van der Waals surface area contributed by atoms with E-state index in [0.29, 0.717) is 0 Å². The molecule has 2 heteroatoms. The van der Waals surface area contributed by atoms with Crippen molar-refractivity contribution in [2.45, 2.75) is 13.3 Å². The molecule has 1 rings (SSSR count). The summed E-state index contributed by atoms with van der Waals surface area (Å²) >= 11 is 2.52. The van der Waals surface area contributed by atoms with Gasteiger partial charge in [0.2, 0.25) is 0 Å². The molecule has 0 aromatic heterocycles. The van der Waals surface area contributed by atoms with Crippen LogP contribution in [0.4, 0.5) is 0 Å². The second kappa shape index (κ2) is 4.44. The fourth-order valence-electron chi connectivity index (χ4n) is 1.05. The molecular weight excluding hydrogens is 215 g/mol. The first-order valence-corrected chi connectivity index (χ1v) is 4.80. The molecule has 0 aliphatic carbocycles. The SMILES string of the molecule is CC(Cc1ccccc1)C(=O)[Se]. The fraction of sp³-hybridized carbons (Fsp3) is 0.300. The van der Waals surface area contributed by atoms with Crippen molar-refractivity contribution in [2.75, 3.05) is 0 Å². The van der Waals surface area contributed by atoms with Crippen LogP contribution in [0.2, 0.25) is 0 Å². The number of carbonyl (C=O) groups excluding carboxylic acids is 1. The van der Waals surface area contributed by atoms with E-state index in [1.54, 1.807) is 0 Å². The Balaban J connectivity index is 2.58. The molecule has 0 amide bonds. The first kappa shape index (κ1) is 9.50. The Hall–Kier alpha value is -0.591. The molecule has 1 unspecified atom stereocenters. The van der Waals surface area contributed by atoms with Crippen LogP contribution in [0.25, 0.3) is 0 Å². The van der Waals surface area contributed by atoms with Crippen LogP contribution in [0.1, 0.15) is 12.5 Å². The molecule has 12 heavy (non-hydrogen) atoms. The molecule has 0 spiro atoms. The first-order valence-electron chi connectivity index (χ1n) is 3.95. The molecule has 1 atom stereocenters. The first-order chi connectivity index (χ1) is 5.70. The van der Waals surface area contributed by atoms with Crippen LogP contribution in [-0.4, -0.2) is 20.7 Å². The van der Waals surface area contributed by atoms with Gasteiger partial charge in [0.25, 0.3) is 0 Å². The fourth-order valence-corrected chi connectivity index (χ4v) is 1.23. The maximum atomic E-state index is 10.9. The van der Waals surface area contributed by atoms with Gasteiger partial charge in [-0.3, -0.25) is 0 Å². The zero-order valence-electron chi connectivity index (χ0n) is 6.99. The summed E-state index contributed by atoms with van der Waals surface area (Å²) < 4.78 is 0.138. The van der Waals surface area contributed by atoms with E-state index in [1.807, 2.05) is 37.3 Å². The molecule has 0 saturated heterocycles. The monoisotopic (exact) mass is 227 g/mol. The van der Waals surface area contributed by atoms with Gasteiger partial charge in [-0.25, -0.2) is 0 Å². The van der Waals surface area contributed by atoms with Crippen LogP contribution < -0.4 is 0 Å². The van der Waals surface area contributed by atoms with Gasteiger partial charge in [0, 0.05) is 0 Å². The van der Waals surface area contributed by atoms with Crippen LogP contribution in [0, 0.1) is 5.92 Å². The van der Waals surface area contributed by atoms with Gasteiger partial charge in [0.15, 0.2) is 0 Å². The Bertz CT molecular complexity index is 256. The Morgan fingerprint density at radius 3 is 2.50 bits per heavy atom. The summed E-state index contributed by atoms with van der Waals surface area (Å²) in [5.41, 5.74) is 1.22. The molecule has 0 heterocycles. The molecule has 63 valence electrons. The Morgan fingerprint density at radius 1 is 1.42 bits per heavy atom. The summed E-state index contributed by atoms with van der Waals surface area (Å²) in [4.78, 5) is 10.9. The van der Waals surface area contributed by atoms with Gasteiger partial charge in [-0.2, -0.15) is 0 Å². The second-order valence-electron chi connectivity index (χ2n) is 2.91. The van der Waals surface area contributed by atoms with Gasteiger partial charge in [-0.05, 0) is 0 Å². The molecule has 0 N–H and O–H groups in total. The predicted molar refractivity (Wildman–Crippen MR) is 50.1 cm³/mol. The van der Waals surface area contributed by atoms with Crippen LogP contribution >= 0.6 is 0 Å². The molecule has 1 aromatic rings. The minimum atomic E-state index is 0.0902. The van der Waals surface area contributed by atoms with E-state index in [0.717, 1.165) is 6.42 Å². The van der Waals surface area contributed by atoms with E-state index in [9.17, 15) is 4.79 Å². The van der Waals surface area contributed by atoms with E-state index in [1.165, 1.54) is 5.56 Å². The number of rotatable bonds is 3. The van der Waals surface area contributed by atoms with Gasteiger partial charge < -0.3 is 0 Å². The Labute approximate surface area is 81.0 Å². The number of hydrogen-bond donors (Lipinski definition) is 0. The quantitative estimate of drug-likeness (QED) is 0.715. The average molecular weight is 226 g/mol. The summed E-state index contributed by atoms with van der Waals surface area (Å²) in [7, 11) is 0. The van der Waals surface area contributed by atoms with Gasteiger partial charge in [0.05, 0.1) is 0 Å². The molecule has 0 aliphatic rings. The zero-order chi connectivity index (χ0) is 8.97. The average Bonchev–Trinajstić information content (AvgIpc) is 2.06. The van der Waals surface area contributed by atoms with E-state index >= 15 is 0 Å². The van der Waals surface area contributed by atoms with Crippen molar-refractivity contribution in [3.8, 4) is 0 Å². The predicted octanol–water partition coefficient (Wildman–Crippen LogP) is 1.56. The van der Waals surface area contributed by atoms with Crippen LogP contribution in [0.5, 0.6) is 0 Å². The summed E-state index contributed by atoms with van der Waals surface area (Å²) in [5, 5.41) is 0. The summed E-state index contributed by atoms with van der Waals surface area (Å²) in [6.07, 6.45) is 0.826. The van der Waals surface area contributed by atoms with Gasteiger partial charge in [-0.15, -0.1) is 0 Å². The molecule has 0 aliphatic heterocycles. The molecule has 1 nitrogen and oxygen atoms in total. The third-order valence-electron chi connectivity index (χ3n) is 1.79. The Kier molecular flexibility index (Phi) is 3.51. The summed E-state index contributed by atoms with van der Waals surface area (Å²) in [6, 6.07) is 10.0. The minimum absolute atomic E-state index is 0.0902. The van der Waals surface area contributed by atoms with Crippen molar-refractivity contribution < 1.29 is 4.79 Å². The third kappa shape index (κ3) is 2.80. The molecule has 0 fully saturated rings. The van der Waals surface area contributed by atoms with Crippen molar-refractivity contribution in [3.05, 3.63) is 35.9 Å². The topological polar surface area (TPSA) is 17.1 Å². The Morgan fingerprint density at radius 2 is 2.00 bits per heavy atom. The number of benzene rings is 1. The summed E-state index contributed by atoms with van der Waals surface area (Å²) in [6.45, 7) is 1.94. The zero-order valence-corrected chi connectivity index (χ0v) is 8.70. The van der Waals surface area contributed by atoms with Gasteiger partial charge >= 0.3 is 80.6 Å². The van der Waals surface area contributed by atoms with Crippen molar-refractivity contribution in [1.82, 2.24) is 0 Å². The molecule has 0 bridgehead atoms. The van der Waals surface area contributed by atoms with Crippen molar-refractivity contribution in [3.63, 3.8) is 0 Å². The van der Waals surface area contributed by atoms with Gasteiger partial charge in [-0.1, -0.05) is 0 Å². The number of carbonyl (C=O) groups is 1. The van der Waals surface area contributed by atoms with E-state index in [2.05, 4.69) is 16.0 Å². The van der Waals surface area contributed by atoms with Crippen LogP contribution in [0.3, 0.4) is 0 Å².